The van der Waals surface area contributed by atoms with Gasteiger partial charge in [-0.15, -0.1) is 0 Å². The molecule has 3 N–H and O–H groups in total. The van der Waals surface area contributed by atoms with E-state index in [1.165, 1.54) is 30.3 Å². The summed E-state index contributed by atoms with van der Waals surface area (Å²) in [6.07, 6.45) is 12.1. The number of fused-ring (bicyclic) bond motifs is 1. The maximum absolute atomic E-state index is 15.4. The standard InChI is InChI=1S/C45H54F2N8O4S/c1-4-6-41(43(57)50-28-56)51-30-9-13-34(38(47)23-30)29-7-10-31(11-8-29)54-21-19-45(20-22-54)18-17-32(25-45)55-27-49-39-15-12-33(24-35(39)44(55)58)59-42-36(26-48)40(16-14-37(42)46)52-60-53(3)5-2/h9,12-16,23-24,27-29,31-32,41,51-52H,4-8,10-11,17-22,25H2,1-3H3,(H,50,56,57). The smallest absolute Gasteiger partial charge is 0.261 e. The van der Waals surface area contributed by atoms with Crippen molar-refractivity contribution in [3.8, 4) is 17.6 Å². The second-order valence-corrected chi connectivity index (χ2v) is 17.6. The molecule has 1 spiro atoms. The zero-order chi connectivity index (χ0) is 42.4. The molecule has 1 saturated heterocycles. The van der Waals surface area contributed by atoms with Gasteiger partial charge in [-0.2, -0.15) is 5.26 Å². The van der Waals surface area contributed by atoms with Crippen LogP contribution in [0.5, 0.6) is 11.5 Å². The highest BCUT2D eigenvalue weighted by molar-refractivity contribution is 7.98. The van der Waals surface area contributed by atoms with Crippen LogP contribution in [0.1, 0.15) is 108 Å². The van der Waals surface area contributed by atoms with E-state index in [9.17, 15) is 19.6 Å². The number of aromatic nitrogens is 2. The van der Waals surface area contributed by atoms with Crippen molar-refractivity contribution in [1.82, 2.24) is 24.1 Å². The van der Waals surface area contributed by atoms with E-state index in [-0.39, 0.29) is 45.8 Å². The Hall–Kier alpha value is -5.04. The number of carbonyl (C=O) groups excluding carboxylic acids is 2. The molecule has 12 nitrogen and oxygen atoms in total. The van der Waals surface area contributed by atoms with Crippen molar-refractivity contribution < 1.29 is 23.1 Å². The van der Waals surface area contributed by atoms with Gasteiger partial charge in [0, 0.05) is 36.4 Å². The second-order valence-electron chi connectivity index (χ2n) is 16.6. The molecule has 1 aromatic heterocycles. The zero-order valence-corrected chi connectivity index (χ0v) is 35.3. The van der Waals surface area contributed by atoms with Crippen molar-refractivity contribution in [3.63, 3.8) is 0 Å². The Balaban J connectivity index is 0.947. The van der Waals surface area contributed by atoms with E-state index in [0.29, 0.717) is 41.2 Å². The van der Waals surface area contributed by atoms with E-state index in [2.05, 4.69) is 31.3 Å². The molecule has 0 radical (unpaired) electrons. The lowest BCUT2D eigenvalue weighted by atomic mass is 9.75. The molecule has 15 heteroatoms. The zero-order valence-electron chi connectivity index (χ0n) is 34.5. The number of nitriles is 1. The molecule has 4 aromatic rings. The quantitative estimate of drug-likeness (QED) is 0.0782. The third kappa shape index (κ3) is 9.46. The van der Waals surface area contributed by atoms with Gasteiger partial charge in [0.15, 0.2) is 11.6 Å². The predicted molar refractivity (Wildman–Crippen MR) is 231 cm³/mol. The number of rotatable bonds is 15. The highest BCUT2D eigenvalue weighted by atomic mass is 32.2. The number of amides is 2. The van der Waals surface area contributed by atoms with Crippen molar-refractivity contribution in [2.45, 2.75) is 109 Å². The number of halogens is 2. The van der Waals surface area contributed by atoms with E-state index in [1.54, 1.807) is 29.1 Å². The van der Waals surface area contributed by atoms with E-state index < -0.39 is 17.8 Å². The van der Waals surface area contributed by atoms with Crippen molar-refractivity contribution in [1.29, 1.82) is 5.26 Å². The summed E-state index contributed by atoms with van der Waals surface area (Å²) in [7, 11) is 1.89. The summed E-state index contributed by atoms with van der Waals surface area (Å²) >= 11 is 1.29. The van der Waals surface area contributed by atoms with Crippen LogP contribution < -0.4 is 25.7 Å². The SMILES string of the molecule is CCCC(Nc1ccc(C2CCC(N3CCC4(CCC(n5cnc6ccc(Oc7c(F)ccc(NSN(C)CC)c7C#N)cc6c5=O)C4)CC3)CC2)c(F)c1)C(=O)NC=O. The minimum absolute atomic E-state index is 0.0209. The molecule has 2 amide bonds. The largest absolute Gasteiger partial charge is 0.453 e. The Kier molecular flexibility index (Phi) is 13.7. The van der Waals surface area contributed by atoms with Gasteiger partial charge >= 0.3 is 0 Å². The van der Waals surface area contributed by atoms with Crippen LogP contribution in [0, 0.1) is 28.4 Å². The molecule has 2 heterocycles. The van der Waals surface area contributed by atoms with Crippen molar-refractivity contribution in [2.24, 2.45) is 5.41 Å². The lowest BCUT2D eigenvalue weighted by Gasteiger charge is -2.45. The monoisotopic (exact) mass is 840 g/mol. The first kappa shape index (κ1) is 43.1. The maximum atomic E-state index is 15.4. The number of nitrogens with zero attached hydrogens (tertiary/aromatic N) is 5. The fourth-order valence-corrected chi connectivity index (χ4v) is 10.0. The molecule has 60 heavy (non-hydrogen) atoms. The van der Waals surface area contributed by atoms with Gasteiger partial charge in [-0.1, -0.05) is 26.3 Å². The molecule has 2 atom stereocenters. The van der Waals surface area contributed by atoms with Crippen LogP contribution in [-0.4, -0.2) is 69.8 Å². The first-order chi connectivity index (χ1) is 29.0. The predicted octanol–water partition coefficient (Wildman–Crippen LogP) is 8.65. The van der Waals surface area contributed by atoms with E-state index in [0.717, 1.165) is 89.4 Å². The molecule has 3 aliphatic rings. The van der Waals surface area contributed by atoms with E-state index in [1.807, 2.05) is 37.3 Å². The number of nitrogens with one attached hydrogen (secondary N) is 3. The molecule has 0 bridgehead atoms. The van der Waals surface area contributed by atoms with Gasteiger partial charge in [0.1, 0.15) is 29.2 Å². The fraction of sp³-hybridized carbons (Fsp3) is 0.489. The minimum Gasteiger partial charge on any atom is -0.453 e. The second kappa shape index (κ2) is 19.1. The molecule has 2 aliphatic carbocycles. The highest BCUT2D eigenvalue weighted by Gasteiger charge is 2.43. The molecule has 1 aliphatic heterocycles. The van der Waals surface area contributed by atoms with Crippen LogP contribution >= 0.6 is 12.1 Å². The van der Waals surface area contributed by atoms with Gasteiger partial charge in [-0.05, 0) is 144 Å². The first-order valence-corrected chi connectivity index (χ1v) is 21.9. The number of likely N-dealkylation sites (tertiary alicyclic amines) is 1. The van der Waals surface area contributed by atoms with Gasteiger partial charge in [0.2, 0.25) is 12.3 Å². The number of hydrogen-bond donors (Lipinski definition) is 3. The summed E-state index contributed by atoms with van der Waals surface area (Å²) in [6, 6.07) is 14.7. The van der Waals surface area contributed by atoms with Crippen LogP contribution in [-0.2, 0) is 9.59 Å². The minimum atomic E-state index is -0.681. The maximum Gasteiger partial charge on any atom is 0.261 e. The Morgan fingerprint density at radius 3 is 2.53 bits per heavy atom. The van der Waals surface area contributed by atoms with E-state index in [4.69, 9.17) is 4.74 Å². The molecule has 3 fully saturated rings. The number of benzene rings is 3. The van der Waals surface area contributed by atoms with Crippen LogP contribution in [0.3, 0.4) is 0 Å². The number of hydrogen-bond acceptors (Lipinski definition) is 11. The first-order valence-electron chi connectivity index (χ1n) is 21.1. The summed E-state index contributed by atoms with van der Waals surface area (Å²) in [4.78, 5) is 44.3. The molecule has 2 saturated carbocycles. The van der Waals surface area contributed by atoms with Crippen molar-refractivity contribution in [2.75, 3.05) is 36.7 Å². The average Bonchev–Trinajstić information content (AvgIpc) is 3.66. The number of imide groups is 1. The Morgan fingerprint density at radius 1 is 1.05 bits per heavy atom. The van der Waals surface area contributed by atoms with Gasteiger partial charge < -0.3 is 19.7 Å². The number of anilines is 2. The third-order valence-corrected chi connectivity index (χ3v) is 13.9. The van der Waals surface area contributed by atoms with Crippen LogP contribution in [0.25, 0.3) is 10.9 Å². The number of piperidine rings is 1. The summed E-state index contributed by atoms with van der Waals surface area (Å²) in [6.45, 7) is 6.71. The normalized spacial score (nSPS) is 20.8. The Labute approximate surface area is 354 Å². The third-order valence-electron chi connectivity index (χ3n) is 13.0. The van der Waals surface area contributed by atoms with Crippen molar-refractivity contribution in [3.05, 3.63) is 88.0 Å². The Morgan fingerprint density at radius 2 is 1.83 bits per heavy atom. The topological polar surface area (TPSA) is 145 Å². The molecule has 7 rings (SSSR count). The van der Waals surface area contributed by atoms with Crippen LogP contribution in [0.4, 0.5) is 20.2 Å². The molecule has 3 aromatic carbocycles. The summed E-state index contributed by atoms with van der Waals surface area (Å²) in [5.74, 6) is -1.20. The van der Waals surface area contributed by atoms with Gasteiger partial charge in [-0.3, -0.25) is 24.3 Å². The van der Waals surface area contributed by atoms with E-state index >= 15 is 8.78 Å². The number of carbonyl (C=O) groups is 2. The molecule has 2 unspecified atom stereocenters. The van der Waals surface area contributed by atoms with Gasteiger partial charge in [0.25, 0.3) is 5.56 Å². The summed E-state index contributed by atoms with van der Waals surface area (Å²) in [5, 5.41) is 15.6. The van der Waals surface area contributed by atoms with Gasteiger partial charge in [0.05, 0.1) is 22.9 Å². The van der Waals surface area contributed by atoms with Gasteiger partial charge in [-0.25, -0.2) is 18.1 Å². The van der Waals surface area contributed by atoms with Crippen molar-refractivity contribution >= 4 is 46.7 Å². The van der Waals surface area contributed by atoms with Crippen LogP contribution in [0.2, 0.25) is 0 Å². The molecule has 318 valence electrons. The Bertz CT molecular complexity index is 2290. The highest BCUT2D eigenvalue weighted by Crippen LogP contribution is 2.51. The van der Waals surface area contributed by atoms with Crippen LogP contribution in [0.15, 0.2) is 59.7 Å². The lowest BCUT2D eigenvalue weighted by Crippen LogP contribution is -2.45. The fourth-order valence-electron chi connectivity index (χ4n) is 9.45. The molecular formula is C45H54F2N8O4S. The number of ether oxygens (including phenoxy) is 1. The summed E-state index contributed by atoms with van der Waals surface area (Å²) < 4.78 is 43.3. The lowest BCUT2D eigenvalue weighted by molar-refractivity contribution is -0.125. The average molecular weight is 841 g/mol. The summed E-state index contributed by atoms with van der Waals surface area (Å²) in [5.41, 5.74) is 2.21. The molecular weight excluding hydrogens is 787 g/mol.